The van der Waals surface area contributed by atoms with E-state index in [9.17, 15) is 0 Å². The third-order valence-electron chi connectivity index (χ3n) is 4.64. The van der Waals surface area contributed by atoms with Gasteiger partial charge in [0.2, 0.25) is 0 Å². The lowest BCUT2D eigenvalue weighted by molar-refractivity contribution is 0.203. The Balaban J connectivity index is 1.66. The summed E-state index contributed by atoms with van der Waals surface area (Å²) in [5.41, 5.74) is 3.08. The van der Waals surface area contributed by atoms with E-state index in [4.69, 9.17) is 0 Å². The van der Waals surface area contributed by atoms with E-state index < -0.39 is 0 Å². The van der Waals surface area contributed by atoms with Crippen LogP contribution < -0.4 is 0 Å². The Hall–Kier alpha value is -0.820. The zero-order valence-electron chi connectivity index (χ0n) is 11.7. The molecule has 1 heterocycles. The Labute approximate surface area is 111 Å². The fraction of sp³-hybridized carbons (Fsp3) is 0.647. The lowest BCUT2D eigenvalue weighted by Crippen LogP contribution is -2.34. The molecule has 0 bridgehead atoms. The maximum absolute atomic E-state index is 2.71. The van der Waals surface area contributed by atoms with E-state index in [1.54, 1.807) is 5.56 Å². The van der Waals surface area contributed by atoms with Gasteiger partial charge in [-0.1, -0.05) is 38.1 Å². The third kappa shape index (κ3) is 2.61. The molecule has 18 heavy (non-hydrogen) atoms. The number of nitrogens with zero attached hydrogens (tertiary/aromatic N) is 1. The molecule has 2 fully saturated rings. The highest BCUT2D eigenvalue weighted by atomic mass is 15.2. The van der Waals surface area contributed by atoms with E-state index in [-0.39, 0.29) is 0 Å². The Morgan fingerprint density at radius 1 is 1.06 bits per heavy atom. The first-order valence-electron chi connectivity index (χ1n) is 7.58. The minimum atomic E-state index is 0.650. The highest BCUT2D eigenvalue weighted by Crippen LogP contribution is 2.35. The van der Waals surface area contributed by atoms with Crippen LogP contribution in [0.1, 0.15) is 62.5 Å². The van der Waals surface area contributed by atoms with Crippen molar-refractivity contribution in [2.24, 2.45) is 0 Å². The lowest BCUT2D eigenvalue weighted by atomic mass is 9.87. The first-order valence-corrected chi connectivity index (χ1v) is 7.58. The van der Waals surface area contributed by atoms with Gasteiger partial charge in [0.25, 0.3) is 0 Å². The van der Waals surface area contributed by atoms with Crippen molar-refractivity contribution in [3.8, 4) is 0 Å². The minimum Gasteiger partial charge on any atom is -0.300 e. The van der Waals surface area contributed by atoms with Gasteiger partial charge in [0.05, 0.1) is 0 Å². The maximum Gasteiger partial charge on any atom is 0.00964 e. The highest BCUT2D eigenvalue weighted by molar-refractivity contribution is 5.28. The first kappa shape index (κ1) is 12.2. The number of hydrogen-bond acceptors (Lipinski definition) is 1. The van der Waals surface area contributed by atoms with Gasteiger partial charge in [-0.15, -0.1) is 0 Å². The summed E-state index contributed by atoms with van der Waals surface area (Å²) in [6.07, 6.45) is 5.62. The highest BCUT2D eigenvalue weighted by Gasteiger charge is 2.32. The van der Waals surface area contributed by atoms with Gasteiger partial charge in [0.15, 0.2) is 0 Å². The predicted octanol–water partition coefficient (Wildman–Crippen LogP) is 4.15. The summed E-state index contributed by atoms with van der Waals surface area (Å²) in [4.78, 5) is 2.71. The van der Waals surface area contributed by atoms with Crippen molar-refractivity contribution in [3.05, 3.63) is 35.4 Å². The molecule has 1 aromatic carbocycles. The summed E-state index contributed by atoms with van der Waals surface area (Å²) in [5.74, 6) is 1.45. The van der Waals surface area contributed by atoms with E-state index in [2.05, 4.69) is 43.0 Å². The van der Waals surface area contributed by atoms with Gasteiger partial charge in [0.1, 0.15) is 0 Å². The monoisotopic (exact) mass is 243 g/mol. The van der Waals surface area contributed by atoms with Crippen LogP contribution in [0.25, 0.3) is 0 Å². The number of benzene rings is 1. The molecule has 0 aromatic heterocycles. The van der Waals surface area contributed by atoms with Gasteiger partial charge in [-0.2, -0.15) is 0 Å². The lowest BCUT2D eigenvalue weighted by Gasteiger charge is -2.32. The Morgan fingerprint density at radius 3 is 2.39 bits per heavy atom. The molecule has 0 spiro atoms. The van der Waals surface area contributed by atoms with Gasteiger partial charge in [-0.25, -0.2) is 0 Å². The van der Waals surface area contributed by atoms with Crippen LogP contribution in [0.5, 0.6) is 0 Å². The molecule has 0 amide bonds. The Morgan fingerprint density at radius 2 is 1.78 bits per heavy atom. The van der Waals surface area contributed by atoms with Crippen molar-refractivity contribution in [1.29, 1.82) is 0 Å². The molecule has 3 rings (SSSR count). The second-order valence-corrected chi connectivity index (χ2v) is 6.37. The van der Waals surface area contributed by atoms with Crippen molar-refractivity contribution in [2.45, 2.75) is 57.4 Å². The number of rotatable bonds is 3. The number of hydrogen-bond donors (Lipinski definition) is 0. The van der Waals surface area contributed by atoms with Crippen LogP contribution in [0.15, 0.2) is 24.3 Å². The summed E-state index contributed by atoms with van der Waals surface area (Å²) in [5, 5.41) is 0. The Kier molecular flexibility index (Phi) is 3.43. The molecule has 1 saturated heterocycles. The fourth-order valence-corrected chi connectivity index (χ4v) is 3.21. The molecule has 1 heteroatoms. The third-order valence-corrected chi connectivity index (χ3v) is 4.64. The van der Waals surface area contributed by atoms with E-state index >= 15 is 0 Å². The summed E-state index contributed by atoms with van der Waals surface area (Å²) in [6.45, 7) is 7.21. The van der Waals surface area contributed by atoms with Crippen molar-refractivity contribution in [3.63, 3.8) is 0 Å². The minimum absolute atomic E-state index is 0.650. The quantitative estimate of drug-likeness (QED) is 0.771. The first-order chi connectivity index (χ1) is 8.74. The van der Waals surface area contributed by atoms with Gasteiger partial charge >= 0.3 is 0 Å². The van der Waals surface area contributed by atoms with Gasteiger partial charge in [-0.3, -0.25) is 0 Å². The molecule has 1 saturated carbocycles. The molecule has 1 aliphatic carbocycles. The van der Waals surface area contributed by atoms with Crippen molar-refractivity contribution < 1.29 is 0 Å². The predicted molar refractivity (Wildman–Crippen MR) is 77.1 cm³/mol. The van der Waals surface area contributed by atoms with Gasteiger partial charge in [-0.05, 0) is 61.7 Å². The van der Waals surface area contributed by atoms with E-state index in [1.165, 1.54) is 44.3 Å². The topological polar surface area (TPSA) is 3.24 Å². The zero-order chi connectivity index (χ0) is 12.5. The van der Waals surface area contributed by atoms with E-state index in [0.29, 0.717) is 5.92 Å². The summed E-state index contributed by atoms with van der Waals surface area (Å²) >= 11 is 0. The molecular formula is C17H25N. The molecule has 0 radical (unpaired) electrons. The van der Waals surface area contributed by atoms with Crippen LogP contribution >= 0.6 is 0 Å². The fourth-order valence-electron chi connectivity index (χ4n) is 3.21. The SMILES string of the molecule is CC(C)c1cccc(C2CCN(C3CC3)CC2)c1. The van der Waals surface area contributed by atoms with Crippen LogP contribution in [0.4, 0.5) is 0 Å². The largest absolute Gasteiger partial charge is 0.300 e. The van der Waals surface area contributed by atoms with Crippen molar-refractivity contribution >= 4 is 0 Å². The van der Waals surface area contributed by atoms with Crippen LogP contribution in [-0.2, 0) is 0 Å². The maximum atomic E-state index is 2.71. The molecule has 1 aliphatic heterocycles. The molecular weight excluding hydrogens is 218 g/mol. The molecule has 0 unspecified atom stereocenters. The van der Waals surface area contributed by atoms with E-state index in [1.807, 2.05) is 0 Å². The molecule has 0 N–H and O–H groups in total. The van der Waals surface area contributed by atoms with E-state index in [0.717, 1.165) is 12.0 Å². The normalized spacial score (nSPS) is 22.6. The average molecular weight is 243 g/mol. The number of likely N-dealkylation sites (tertiary alicyclic amines) is 1. The average Bonchev–Trinajstić information content (AvgIpc) is 3.23. The smallest absolute Gasteiger partial charge is 0.00964 e. The standard InChI is InChI=1S/C17H25N/c1-13(2)15-4-3-5-16(12-15)14-8-10-18(11-9-14)17-6-7-17/h3-5,12-14,17H,6-11H2,1-2H3. The van der Waals surface area contributed by atoms with Gasteiger partial charge in [0, 0.05) is 6.04 Å². The molecule has 2 aliphatic rings. The van der Waals surface area contributed by atoms with Crippen LogP contribution in [0, 0.1) is 0 Å². The summed E-state index contributed by atoms with van der Waals surface area (Å²) < 4.78 is 0. The summed E-state index contributed by atoms with van der Waals surface area (Å²) in [6, 6.07) is 10.3. The Bertz CT molecular complexity index is 398. The second-order valence-electron chi connectivity index (χ2n) is 6.37. The van der Waals surface area contributed by atoms with Crippen LogP contribution in [0.2, 0.25) is 0 Å². The molecule has 98 valence electrons. The molecule has 1 nitrogen and oxygen atoms in total. The zero-order valence-corrected chi connectivity index (χ0v) is 11.7. The van der Waals surface area contributed by atoms with Gasteiger partial charge < -0.3 is 4.90 Å². The second kappa shape index (κ2) is 5.05. The molecule has 0 atom stereocenters. The summed E-state index contributed by atoms with van der Waals surface area (Å²) in [7, 11) is 0. The van der Waals surface area contributed by atoms with Crippen LogP contribution in [-0.4, -0.2) is 24.0 Å². The molecule has 1 aromatic rings. The number of piperidine rings is 1. The van der Waals surface area contributed by atoms with Crippen molar-refractivity contribution in [1.82, 2.24) is 4.90 Å². The van der Waals surface area contributed by atoms with Crippen LogP contribution in [0.3, 0.4) is 0 Å². The van der Waals surface area contributed by atoms with Crippen molar-refractivity contribution in [2.75, 3.05) is 13.1 Å².